The summed E-state index contributed by atoms with van der Waals surface area (Å²) in [4.78, 5) is 13.4. The largest absolute Gasteiger partial charge is 0.368 e. The highest BCUT2D eigenvalue weighted by Gasteiger charge is 2.20. The SMILES string of the molecule is CC1CCCCN1c1ccc(Br)cc1C=O. The van der Waals surface area contributed by atoms with Crippen molar-refractivity contribution in [1.82, 2.24) is 0 Å². The molecule has 0 aromatic heterocycles. The molecule has 0 bridgehead atoms. The zero-order valence-corrected chi connectivity index (χ0v) is 11.0. The van der Waals surface area contributed by atoms with Crippen LogP contribution in [-0.4, -0.2) is 18.9 Å². The van der Waals surface area contributed by atoms with Crippen LogP contribution < -0.4 is 4.90 Å². The van der Waals surface area contributed by atoms with E-state index in [2.05, 4.69) is 27.8 Å². The number of halogens is 1. The molecule has 2 rings (SSSR count). The first-order valence-electron chi connectivity index (χ1n) is 5.74. The van der Waals surface area contributed by atoms with Gasteiger partial charge in [0.25, 0.3) is 0 Å². The van der Waals surface area contributed by atoms with Gasteiger partial charge in [-0.15, -0.1) is 0 Å². The van der Waals surface area contributed by atoms with Crippen LogP contribution in [0.4, 0.5) is 5.69 Å². The van der Waals surface area contributed by atoms with E-state index in [1.807, 2.05) is 18.2 Å². The zero-order chi connectivity index (χ0) is 11.5. The molecule has 16 heavy (non-hydrogen) atoms. The number of aldehydes is 1. The van der Waals surface area contributed by atoms with Crippen LogP contribution >= 0.6 is 15.9 Å². The third-order valence-electron chi connectivity index (χ3n) is 3.23. The number of hydrogen-bond acceptors (Lipinski definition) is 2. The number of piperidine rings is 1. The van der Waals surface area contributed by atoms with Crippen LogP contribution in [0.5, 0.6) is 0 Å². The maximum Gasteiger partial charge on any atom is 0.152 e. The van der Waals surface area contributed by atoms with Gasteiger partial charge in [0.15, 0.2) is 6.29 Å². The lowest BCUT2D eigenvalue weighted by atomic mass is 10.0. The van der Waals surface area contributed by atoms with Gasteiger partial charge in [-0.1, -0.05) is 15.9 Å². The summed E-state index contributed by atoms with van der Waals surface area (Å²) in [5, 5.41) is 0. The van der Waals surface area contributed by atoms with Crippen molar-refractivity contribution in [3.63, 3.8) is 0 Å². The van der Waals surface area contributed by atoms with E-state index in [0.717, 1.165) is 28.6 Å². The summed E-state index contributed by atoms with van der Waals surface area (Å²) in [6, 6.07) is 6.47. The minimum atomic E-state index is 0.536. The van der Waals surface area contributed by atoms with Crippen molar-refractivity contribution in [2.24, 2.45) is 0 Å². The Morgan fingerprint density at radius 1 is 1.44 bits per heavy atom. The maximum absolute atomic E-state index is 11.1. The van der Waals surface area contributed by atoms with E-state index in [4.69, 9.17) is 0 Å². The molecule has 1 heterocycles. The van der Waals surface area contributed by atoms with Gasteiger partial charge >= 0.3 is 0 Å². The van der Waals surface area contributed by atoms with Crippen molar-refractivity contribution in [3.8, 4) is 0 Å². The molecule has 0 amide bonds. The molecular formula is C13H16BrNO. The van der Waals surface area contributed by atoms with Crippen LogP contribution in [-0.2, 0) is 0 Å². The number of hydrogen-bond donors (Lipinski definition) is 0. The Hall–Kier alpha value is -0.830. The number of benzene rings is 1. The van der Waals surface area contributed by atoms with Crippen LogP contribution in [0.1, 0.15) is 36.5 Å². The molecule has 1 unspecified atom stereocenters. The first-order chi connectivity index (χ1) is 7.72. The summed E-state index contributed by atoms with van der Waals surface area (Å²) >= 11 is 3.40. The van der Waals surface area contributed by atoms with Gasteiger partial charge in [0, 0.05) is 28.3 Å². The van der Waals surface area contributed by atoms with Crippen LogP contribution in [0.2, 0.25) is 0 Å². The fourth-order valence-electron chi connectivity index (χ4n) is 2.34. The lowest BCUT2D eigenvalue weighted by Crippen LogP contribution is -2.37. The molecule has 0 saturated carbocycles. The molecule has 0 radical (unpaired) electrons. The first kappa shape index (κ1) is 11.6. The van der Waals surface area contributed by atoms with Gasteiger partial charge in [0.2, 0.25) is 0 Å². The highest BCUT2D eigenvalue weighted by Crippen LogP contribution is 2.28. The van der Waals surface area contributed by atoms with Crippen LogP contribution in [0.3, 0.4) is 0 Å². The maximum atomic E-state index is 11.1. The van der Waals surface area contributed by atoms with Crippen molar-refractivity contribution in [3.05, 3.63) is 28.2 Å². The molecule has 1 aromatic rings. The van der Waals surface area contributed by atoms with Gasteiger partial charge in [-0.3, -0.25) is 4.79 Å². The number of nitrogens with zero attached hydrogens (tertiary/aromatic N) is 1. The topological polar surface area (TPSA) is 20.3 Å². The Morgan fingerprint density at radius 3 is 2.94 bits per heavy atom. The average Bonchev–Trinajstić information content (AvgIpc) is 2.30. The third-order valence-corrected chi connectivity index (χ3v) is 3.72. The van der Waals surface area contributed by atoms with Gasteiger partial charge < -0.3 is 4.90 Å². The van der Waals surface area contributed by atoms with Gasteiger partial charge in [0.05, 0.1) is 0 Å². The molecule has 0 spiro atoms. The van der Waals surface area contributed by atoms with E-state index in [1.54, 1.807) is 0 Å². The van der Waals surface area contributed by atoms with E-state index in [0.29, 0.717) is 6.04 Å². The molecule has 0 N–H and O–H groups in total. The van der Waals surface area contributed by atoms with Crippen LogP contribution in [0.15, 0.2) is 22.7 Å². The predicted molar refractivity (Wildman–Crippen MR) is 70.2 cm³/mol. The monoisotopic (exact) mass is 281 g/mol. The summed E-state index contributed by atoms with van der Waals surface area (Å²) in [6.07, 6.45) is 4.68. The number of rotatable bonds is 2. The Labute approximate surface area is 105 Å². The Morgan fingerprint density at radius 2 is 2.25 bits per heavy atom. The van der Waals surface area contributed by atoms with Crippen LogP contribution in [0.25, 0.3) is 0 Å². The van der Waals surface area contributed by atoms with Crippen LogP contribution in [0, 0.1) is 0 Å². The Balaban J connectivity index is 2.34. The molecule has 2 nitrogen and oxygen atoms in total. The van der Waals surface area contributed by atoms with Crippen molar-refractivity contribution in [1.29, 1.82) is 0 Å². The highest BCUT2D eigenvalue weighted by molar-refractivity contribution is 9.10. The lowest BCUT2D eigenvalue weighted by Gasteiger charge is -2.36. The molecule has 1 fully saturated rings. The first-order valence-corrected chi connectivity index (χ1v) is 6.53. The van der Waals surface area contributed by atoms with E-state index >= 15 is 0 Å². The van der Waals surface area contributed by atoms with Gasteiger partial charge in [-0.05, 0) is 44.4 Å². The fraction of sp³-hybridized carbons (Fsp3) is 0.462. The molecule has 1 atom stereocenters. The minimum Gasteiger partial charge on any atom is -0.368 e. The average molecular weight is 282 g/mol. The summed E-state index contributed by atoms with van der Waals surface area (Å²) in [7, 11) is 0. The second-order valence-corrected chi connectivity index (χ2v) is 5.27. The zero-order valence-electron chi connectivity index (χ0n) is 9.45. The molecule has 86 valence electrons. The predicted octanol–water partition coefficient (Wildman–Crippen LogP) is 3.64. The highest BCUT2D eigenvalue weighted by atomic mass is 79.9. The van der Waals surface area contributed by atoms with E-state index < -0.39 is 0 Å². The molecular weight excluding hydrogens is 266 g/mol. The van der Waals surface area contributed by atoms with Crippen molar-refractivity contribution < 1.29 is 4.79 Å². The van der Waals surface area contributed by atoms with E-state index in [9.17, 15) is 4.79 Å². The quantitative estimate of drug-likeness (QED) is 0.772. The van der Waals surface area contributed by atoms with Gasteiger partial charge in [-0.2, -0.15) is 0 Å². The van der Waals surface area contributed by atoms with Gasteiger partial charge in [-0.25, -0.2) is 0 Å². The number of carbonyl (C=O) groups is 1. The summed E-state index contributed by atoms with van der Waals surface area (Å²) in [6.45, 7) is 3.29. The summed E-state index contributed by atoms with van der Waals surface area (Å²) in [5.74, 6) is 0. The lowest BCUT2D eigenvalue weighted by molar-refractivity contribution is 0.112. The number of anilines is 1. The minimum absolute atomic E-state index is 0.536. The molecule has 3 heteroatoms. The number of carbonyl (C=O) groups excluding carboxylic acids is 1. The van der Waals surface area contributed by atoms with Crippen molar-refractivity contribution in [2.45, 2.75) is 32.2 Å². The third kappa shape index (κ3) is 2.29. The Bertz CT molecular complexity index is 392. The summed E-state index contributed by atoms with van der Waals surface area (Å²) < 4.78 is 0.961. The molecule has 1 aromatic carbocycles. The Kier molecular flexibility index (Phi) is 3.64. The normalized spacial score (nSPS) is 20.9. The standard InChI is InChI=1S/C13H16BrNO/c1-10-4-2-3-7-15(10)13-6-5-12(14)8-11(13)9-16/h5-6,8-10H,2-4,7H2,1H3. The molecule has 1 saturated heterocycles. The second-order valence-electron chi connectivity index (χ2n) is 4.36. The van der Waals surface area contributed by atoms with E-state index in [1.165, 1.54) is 19.3 Å². The molecule has 1 aliphatic rings. The van der Waals surface area contributed by atoms with Crippen molar-refractivity contribution >= 4 is 27.9 Å². The second kappa shape index (κ2) is 5.00. The smallest absolute Gasteiger partial charge is 0.152 e. The molecule has 0 aliphatic carbocycles. The fourth-order valence-corrected chi connectivity index (χ4v) is 2.72. The van der Waals surface area contributed by atoms with E-state index in [-0.39, 0.29) is 0 Å². The molecule has 1 aliphatic heterocycles. The summed E-state index contributed by atoms with van der Waals surface area (Å²) in [5.41, 5.74) is 1.86. The van der Waals surface area contributed by atoms with Crippen molar-refractivity contribution in [2.75, 3.05) is 11.4 Å². The van der Waals surface area contributed by atoms with Gasteiger partial charge in [0.1, 0.15) is 0 Å².